The minimum absolute atomic E-state index is 0. The van der Waals surface area contributed by atoms with Crippen LogP contribution in [0.4, 0.5) is 5.69 Å². The van der Waals surface area contributed by atoms with E-state index in [0.29, 0.717) is 24.8 Å². The average molecular weight is 445 g/mol. The number of methoxy groups -OCH3 is 1. The molecule has 0 spiro atoms. The molecular formula is C16H24IN5O2. The van der Waals surface area contributed by atoms with Crippen LogP contribution in [0.1, 0.15) is 37.9 Å². The predicted molar refractivity (Wildman–Crippen MR) is 105 cm³/mol. The standard InChI is InChI=1S/C16H23N5O2.HI/c1-11(2)15-20-14(23-21-15)9-6-10-18-16(17)19-12-7-4-5-8-13(12)22-3;/h4-5,7-8,11H,6,9-10H2,1-3H3,(H3,17,18,19);1H. The van der Waals surface area contributed by atoms with Crippen LogP contribution in [0, 0.1) is 0 Å². The highest BCUT2D eigenvalue weighted by atomic mass is 127. The topological polar surface area (TPSA) is 98.6 Å². The molecule has 0 unspecified atom stereocenters. The Hall–Kier alpha value is -1.84. The van der Waals surface area contributed by atoms with Crippen molar-refractivity contribution in [2.24, 2.45) is 10.7 Å². The first-order valence-electron chi connectivity index (χ1n) is 7.62. The van der Waals surface area contributed by atoms with Gasteiger partial charge in [0.2, 0.25) is 5.89 Å². The Labute approximate surface area is 159 Å². The fourth-order valence-corrected chi connectivity index (χ4v) is 1.96. The zero-order valence-corrected chi connectivity index (χ0v) is 16.5. The molecule has 2 aromatic rings. The molecule has 1 aromatic carbocycles. The lowest BCUT2D eigenvalue weighted by molar-refractivity contribution is 0.369. The van der Waals surface area contributed by atoms with E-state index in [-0.39, 0.29) is 29.9 Å². The number of nitrogens with zero attached hydrogens (tertiary/aromatic N) is 3. The van der Waals surface area contributed by atoms with Crippen molar-refractivity contribution in [1.29, 1.82) is 0 Å². The number of ether oxygens (including phenoxy) is 1. The molecule has 8 heteroatoms. The van der Waals surface area contributed by atoms with E-state index >= 15 is 0 Å². The van der Waals surface area contributed by atoms with Crippen molar-refractivity contribution in [3.8, 4) is 5.75 Å². The number of aliphatic imine (C=N–C) groups is 1. The first kappa shape index (κ1) is 20.2. The van der Waals surface area contributed by atoms with Gasteiger partial charge in [0.15, 0.2) is 11.8 Å². The number of rotatable bonds is 7. The first-order chi connectivity index (χ1) is 11.1. The summed E-state index contributed by atoms with van der Waals surface area (Å²) in [5.41, 5.74) is 6.67. The lowest BCUT2D eigenvalue weighted by Crippen LogP contribution is -2.23. The molecule has 1 heterocycles. The summed E-state index contributed by atoms with van der Waals surface area (Å²) in [6.45, 7) is 4.64. The zero-order valence-electron chi connectivity index (χ0n) is 14.2. The van der Waals surface area contributed by atoms with E-state index in [1.807, 2.05) is 38.1 Å². The van der Waals surface area contributed by atoms with Crippen LogP contribution in [0.2, 0.25) is 0 Å². The summed E-state index contributed by atoms with van der Waals surface area (Å²) in [5, 5.41) is 6.96. The number of anilines is 1. The number of nitrogens with one attached hydrogen (secondary N) is 1. The van der Waals surface area contributed by atoms with E-state index in [2.05, 4.69) is 20.4 Å². The molecular weight excluding hydrogens is 421 g/mol. The van der Waals surface area contributed by atoms with Crippen molar-refractivity contribution in [2.45, 2.75) is 32.6 Å². The molecule has 0 aliphatic heterocycles. The van der Waals surface area contributed by atoms with Crippen LogP contribution in [-0.2, 0) is 6.42 Å². The van der Waals surface area contributed by atoms with Gasteiger partial charge >= 0.3 is 0 Å². The number of guanidine groups is 1. The molecule has 0 saturated heterocycles. The van der Waals surface area contributed by atoms with E-state index in [4.69, 9.17) is 15.0 Å². The summed E-state index contributed by atoms with van der Waals surface area (Å²) < 4.78 is 10.4. The monoisotopic (exact) mass is 445 g/mol. The van der Waals surface area contributed by atoms with Crippen molar-refractivity contribution in [3.05, 3.63) is 36.0 Å². The second-order valence-electron chi connectivity index (χ2n) is 5.40. The number of aromatic nitrogens is 2. The number of aryl methyl sites for hydroxylation is 1. The van der Waals surface area contributed by atoms with E-state index in [1.165, 1.54) is 0 Å². The molecule has 0 bridgehead atoms. The number of benzene rings is 1. The van der Waals surface area contributed by atoms with Gasteiger partial charge in [-0.15, -0.1) is 24.0 Å². The highest BCUT2D eigenvalue weighted by Gasteiger charge is 2.09. The van der Waals surface area contributed by atoms with Crippen molar-refractivity contribution in [3.63, 3.8) is 0 Å². The number of halogens is 1. The zero-order chi connectivity index (χ0) is 16.7. The minimum Gasteiger partial charge on any atom is -0.495 e. The van der Waals surface area contributed by atoms with E-state index in [0.717, 1.165) is 23.7 Å². The molecule has 0 radical (unpaired) electrons. The Balaban J connectivity index is 0.00000288. The van der Waals surface area contributed by atoms with Crippen LogP contribution in [-0.4, -0.2) is 29.8 Å². The molecule has 0 atom stereocenters. The van der Waals surface area contributed by atoms with Crippen molar-refractivity contribution in [2.75, 3.05) is 19.0 Å². The van der Waals surface area contributed by atoms with Gasteiger partial charge < -0.3 is 20.3 Å². The van der Waals surface area contributed by atoms with Crippen LogP contribution >= 0.6 is 24.0 Å². The highest BCUT2D eigenvalue weighted by Crippen LogP contribution is 2.22. The Morgan fingerprint density at radius 1 is 1.38 bits per heavy atom. The molecule has 1 aromatic heterocycles. The van der Waals surface area contributed by atoms with Crippen LogP contribution in [0.5, 0.6) is 5.75 Å². The maximum atomic E-state index is 5.88. The molecule has 132 valence electrons. The second-order valence-corrected chi connectivity index (χ2v) is 5.40. The molecule has 2 rings (SSSR count). The number of para-hydroxylation sites is 2. The van der Waals surface area contributed by atoms with Gasteiger partial charge in [-0.05, 0) is 18.6 Å². The van der Waals surface area contributed by atoms with Gasteiger partial charge in [0, 0.05) is 18.9 Å². The molecule has 7 nitrogen and oxygen atoms in total. The van der Waals surface area contributed by atoms with Crippen LogP contribution in [0.3, 0.4) is 0 Å². The van der Waals surface area contributed by atoms with E-state index in [1.54, 1.807) is 7.11 Å². The summed E-state index contributed by atoms with van der Waals surface area (Å²) in [5.74, 6) is 2.72. The smallest absolute Gasteiger partial charge is 0.226 e. The maximum absolute atomic E-state index is 5.88. The Bertz CT molecular complexity index is 657. The van der Waals surface area contributed by atoms with Crippen molar-refractivity contribution < 1.29 is 9.26 Å². The second kappa shape index (κ2) is 10.1. The number of hydrogen-bond donors (Lipinski definition) is 2. The van der Waals surface area contributed by atoms with Gasteiger partial charge in [-0.25, -0.2) is 0 Å². The molecule has 0 saturated carbocycles. The highest BCUT2D eigenvalue weighted by molar-refractivity contribution is 14.0. The first-order valence-corrected chi connectivity index (χ1v) is 7.62. The summed E-state index contributed by atoms with van der Waals surface area (Å²) in [6.07, 6.45) is 1.47. The van der Waals surface area contributed by atoms with Crippen LogP contribution in [0.15, 0.2) is 33.8 Å². The van der Waals surface area contributed by atoms with Crippen molar-refractivity contribution in [1.82, 2.24) is 10.1 Å². The summed E-state index contributed by atoms with van der Waals surface area (Å²) in [4.78, 5) is 8.62. The number of hydrogen-bond acceptors (Lipinski definition) is 5. The van der Waals surface area contributed by atoms with Crippen LogP contribution in [0.25, 0.3) is 0 Å². The van der Waals surface area contributed by atoms with E-state index in [9.17, 15) is 0 Å². The van der Waals surface area contributed by atoms with Gasteiger partial charge in [0.05, 0.1) is 12.8 Å². The Morgan fingerprint density at radius 3 is 2.79 bits per heavy atom. The normalized spacial score (nSPS) is 11.2. The third-order valence-electron chi connectivity index (χ3n) is 3.20. The fraction of sp³-hybridized carbons (Fsp3) is 0.438. The summed E-state index contributed by atoms with van der Waals surface area (Å²) in [7, 11) is 1.61. The summed E-state index contributed by atoms with van der Waals surface area (Å²) >= 11 is 0. The van der Waals surface area contributed by atoms with Crippen LogP contribution < -0.4 is 15.8 Å². The predicted octanol–water partition coefficient (Wildman–Crippen LogP) is 3.18. The molecule has 0 fully saturated rings. The van der Waals surface area contributed by atoms with Gasteiger partial charge in [-0.3, -0.25) is 4.99 Å². The van der Waals surface area contributed by atoms with Gasteiger partial charge in [0.25, 0.3) is 0 Å². The molecule has 0 amide bonds. The largest absolute Gasteiger partial charge is 0.495 e. The average Bonchev–Trinajstić information content (AvgIpc) is 3.01. The maximum Gasteiger partial charge on any atom is 0.226 e. The Kier molecular flexibility index (Phi) is 8.51. The molecule has 0 aliphatic rings. The SMILES string of the molecule is COc1ccccc1NC(N)=NCCCc1nc(C(C)C)no1.I. The lowest BCUT2D eigenvalue weighted by Gasteiger charge is -2.09. The molecule has 24 heavy (non-hydrogen) atoms. The fourth-order valence-electron chi connectivity index (χ4n) is 1.96. The third-order valence-corrected chi connectivity index (χ3v) is 3.20. The summed E-state index contributed by atoms with van der Waals surface area (Å²) in [6, 6.07) is 7.54. The number of nitrogens with two attached hydrogens (primary N) is 1. The van der Waals surface area contributed by atoms with Gasteiger partial charge in [-0.1, -0.05) is 31.1 Å². The molecule has 0 aliphatic carbocycles. The Morgan fingerprint density at radius 2 is 2.12 bits per heavy atom. The quantitative estimate of drug-likeness (QED) is 0.294. The van der Waals surface area contributed by atoms with Crippen molar-refractivity contribution >= 4 is 35.6 Å². The van der Waals surface area contributed by atoms with E-state index < -0.39 is 0 Å². The third kappa shape index (κ3) is 5.99. The minimum atomic E-state index is 0. The van der Waals surface area contributed by atoms with Gasteiger partial charge in [-0.2, -0.15) is 4.98 Å². The molecule has 3 N–H and O–H groups in total. The lowest BCUT2D eigenvalue weighted by atomic mass is 10.2. The van der Waals surface area contributed by atoms with Gasteiger partial charge in [0.1, 0.15) is 5.75 Å².